The Labute approximate surface area is 148 Å². The number of benzene rings is 2. The van der Waals surface area contributed by atoms with E-state index in [0.29, 0.717) is 13.1 Å². The maximum Gasteiger partial charge on any atom is 0.191 e. The van der Waals surface area contributed by atoms with E-state index in [1.54, 1.807) is 0 Å². The molecule has 0 atom stereocenters. The summed E-state index contributed by atoms with van der Waals surface area (Å²) in [6.45, 7) is 6.26. The highest BCUT2D eigenvalue weighted by Crippen LogP contribution is 2.13. The minimum absolute atomic E-state index is 0.630. The Balaban J connectivity index is 1.69. The van der Waals surface area contributed by atoms with Crippen molar-refractivity contribution in [1.29, 1.82) is 0 Å². The van der Waals surface area contributed by atoms with Crippen LogP contribution in [0.4, 0.5) is 0 Å². The Bertz CT molecular complexity index is 861. The van der Waals surface area contributed by atoms with E-state index in [0.717, 1.165) is 29.4 Å². The number of hydrogen-bond donors (Lipinski definition) is 2. The molecular weight excluding hydrogens is 310 g/mol. The highest BCUT2D eigenvalue weighted by Gasteiger charge is 2.07. The molecule has 1 aromatic heterocycles. The Morgan fingerprint density at radius 1 is 1.08 bits per heavy atom. The van der Waals surface area contributed by atoms with Gasteiger partial charge in [-0.3, -0.25) is 0 Å². The van der Waals surface area contributed by atoms with Crippen LogP contribution in [0.3, 0.4) is 0 Å². The van der Waals surface area contributed by atoms with Crippen LogP contribution in [0.25, 0.3) is 11.0 Å². The van der Waals surface area contributed by atoms with E-state index >= 15 is 0 Å². The second kappa shape index (κ2) is 7.83. The number of para-hydroxylation sites is 2. The van der Waals surface area contributed by atoms with Crippen LogP contribution in [0.15, 0.2) is 53.5 Å². The van der Waals surface area contributed by atoms with E-state index in [9.17, 15) is 0 Å². The van der Waals surface area contributed by atoms with Crippen molar-refractivity contribution in [3.05, 3.63) is 65.5 Å². The van der Waals surface area contributed by atoms with Gasteiger partial charge in [0.2, 0.25) is 0 Å². The summed E-state index contributed by atoms with van der Waals surface area (Å²) >= 11 is 0. The lowest BCUT2D eigenvalue weighted by molar-refractivity contribution is 0.738. The Hall–Kier alpha value is -2.82. The van der Waals surface area contributed by atoms with Crippen LogP contribution in [0.2, 0.25) is 0 Å². The molecule has 0 aliphatic rings. The zero-order chi connectivity index (χ0) is 17.6. The molecular formula is C20H25N5. The molecule has 25 heavy (non-hydrogen) atoms. The molecule has 0 fully saturated rings. The third-order valence-electron chi connectivity index (χ3n) is 4.18. The van der Waals surface area contributed by atoms with Gasteiger partial charge >= 0.3 is 0 Å². The number of aliphatic imine (C=N–C) groups is 1. The van der Waals surface area contributed by atoms with Crippen LogP contribution in [0.5, 0.6) is 0 Å². The molecule has 0 unspecified atom stereocenters. The van der Waals surface area contributed by atoms with Crippen LogP contribution in [-0.4, -0.2) is 22.1 Å². The molecule has 0 saturated heterocycles. The minimum atomic E-state index is 0.630. The molecule has 0 radical (unpaired) electrons. The molecule has 2 aromatic carbocycles. The van der Waals surface area contributed by atoms with E-state index in [2.05, 4.69) is 64.4 Å². The summed E-state index contributed by atoms with van der Waals surface area (Å²) in [4.78, 5) is 9.36. The number of nitrogens with one attached hydrogen (secondary N) is 2. The Morgan fingerprint density at radius 3 is 2.56 bits per heavy atom. The SMILES string of the molecule is CCNC(=NCc1ccc(C)cc1)NCc1nc2ccccc2n1C. The van der Waals surface area contributed by atoms with Gasteiger partial charge in [-0.25, -0.2) is 9.98 Å². The lowest BCUT2D eigenvalue weighted by atomic mass is 10.1. The summed E-state index contributed by atoms with van der Waals surface area (Å²) in [7, 11) is 2.04. The number of aromatic nitrogens is 2. The lowest BCUT2D eigenvalue weighted by Gasteiger charge is -2.11. The molecule has 2 N–H and O–H groups in total. The molecule has 0 amide bonds. The summed E-state index contributed by atoms with van der Waals surface area (Å²) in [6, 6.07) is 16.6. The number of imidazole rings is 1. The predicted molar refractivity (Wildman–Crippen MR) is 104 cm³/mol. The smallest absolute Gasteiger partial charge is 0.191 e. The zero-order valence-corrected chi connectivity index (χ0v) is 15.1. The number of hydrogen-bond acceptors (Lipinski definition) is 2. The number of fused-ring (bicyclic) bond motifs is 1. The van der Waals surface area contributed by atoms with Gasteiger partial charge in [0.25, 0.3) is 0 Å². The van der Waals surface area contributed by atoms with E-state index in [4.69, 9.17) is 4.98 Å². The number of nitrogens with zero attached hydrogens (tertiary/aromatic N) is 3. The molecule has 3 aromatic rings. The van der Waals surface area contributed by atoms with E-state index in [1.807, 2.05) is 25.2 Å². The van der Waals surface area contributed by atoms with E-state index in [1.165, 1.54) is 11.1 Å². The number of rotatable bonds is 5. The quantitative estimate of drug-likeness (QED) is 0.556. The van der Waals surface area contributed by atoms with Gasteiger partial charge in [-0.05, 0) is 31.5 Å². The summed E-state index contributed by atoms with van der Waals surface area (Å²) in [5, 5.41) is 6.67. The molecule has 0 saturated carbocycles. The molecule has 130 valence electrons. The molecule has 1 heterocycles. The molecule has 3 rings (SSSR count). The van der Waals surface area contributed by atoms with Crippen LogP contribution < -0.4 is 10.6 Å². The van der Waals surface area contributed by atoms with Gasteiger partial charge in [-0.1, -0.05) is 42.0 Å². The van der Waals surface area contributed by atoms with E-state index in [-0.39, 0.29) is 0 Å². The third-order valence-corrected chi connectivity index (χ3v) is 4.18. The minimum Gasteiger partial charge on any atom is -0.357 e. The van der Waals surface area contributed by atoms with Gasteiger partial charge in [0, 0.05) is 13.6 Å². The summed E-state index contributed by atoms with van der Waals surface area (Å²) < 4.78 is 2.12. The summed E-state index contributed by atoms with van der Waals surface area (Å²) in [5.74, 6) is 1.79. The molecule has 0 aliphatic carbocycles. The monoisotopic (exact) mass is 335 g/mol. The first kappa shape index (κ1) is 17.0. The van der Waals surface area contributed by atoms with Crippen molar-refractivity contribution >= 4 is 17.0 Å². The second-order valence-corrected chi connectivity index (χ2v) is 6.11. The van der Waals surface area contributed by atoms with Crippen LogP contribution in [0.1, 0.15) is 23.9 Å². The number of aryl methyl sites for hydroxylation is 2. The van der Waals surface area contributed by atoms with Crippen molar-refractivity contribution in [2.75, 3.05) is 6.54 Å². The van der Waals surface area contributed by atoms with Gasteiger partial charge in [0.1, 0.15) is 5.82 Å². The molecule has 0 bridgehead atoms. The molecule has 0 aliphatic heterocycles. The largest absolute Gasteiger partial charge is 0.357 e. The fourth-order valence-electron chi connectivity index (χ4n) is 2.72. The van der Waals surface area contributed by atoms with Crippen molar-refractivity contribution < 1.29 is 0 Å². The fraction of sp³-hybridized carbons (Fsp3) is 0.300. The first-order valence-electron chi connectivity index (χ1n) is 8.65. The highest BCUT2D eigenvalue weighted by atomic mass is 15.2. The molecule has 5 nitrogen and oxygen atoms in total. The highest BCUT2D eigenvalue weighted by molar-refractivity contribution is 5.80. The third kappa shape index (κ3) is 4.18. The van der Waals surface area contributed by atoms with Gasteiger partial charge in [0.15, 0.2) is 5.96 Å². The summed E-state index contributed by atoms with van der Waals surface area (Å²) in [5.41, 5.74) is 4.62. The van der Waals surface area contributed by atoms with Gasteiger partial charge in [-0.15, -0.1) is 0 Å². The van der Waals surface area contributed by atoms with Crippen LogP contribution in [0, 0.1) is 6.92 Å². The summed E-state index contributed by atoms with van der Waals surface area (Å²) in [6.07, 6.45) is 0. The normalized spacial score (nSPS) is 11.7. The maximum absolute atomic E-state index is 4.69. The van der Waals surface area contributed by atoms with Gasteiger partial charge in [-0.2, -0.15) is 0 Å². The van der Waals surface area contributed by atoms with E-state index < -0.39 is 0 Å². The Morgan fingerprint density at radius 2 is 1.84 bits per heavy atom. The molecule has 0 spiro atoms. The average Bonchev–Trinajstić information content (AvgIpc) is 2.95. The van der Waals surface area contributed by atoms with Crippen LogP contribution >= 0.6 is 0 Å². The van der Waals surface area contributed by atoms with Crippen LogP contribution in [-0.2, 0) is 20.1 Å². The molecule has 5 heteroatoms. The van der Waals surface area contributed by atoms with Crippen molar-refractivity contribution in [3.8, 4) is 0 Å². The van der Waals surface area contributed by atoms with Gasteiger partial charge < -0.3 is 15.2 Å². The van der Waals surface area contributed by atoms with Crippen molar-refractivity contribution in [3.63, 3.8) is 0 Å². The first-order valence-corrected chi connectivity index (χ1v) is 8.65. The standard InChI is InChI=1S/C20H25N5/c1-4-21-20(22-13-16-11-9-15(2)10-12-16)23-14-19-24-17-7-5-6-8-18(17)25(19)3/h5-12H,4,13-14H2,1-3H3,(H2,21,22,23). The van der Waals surface area contributed by atoms with Crippen molar-refractivity contribution in [2.45, 2.75) is 26.9 Å². The van der Waals surface area contributed by atoms with Crippen molar-refractivity contribution in [1.82, 2.24) is 20.2 Å². The van der Waals surface area contributed by atoms with Crippen molar-refractivity contribution in [2.24, 2.45) is 12.0 Å². The predicted octanol–water partition coefficient (Wildman–Crippen LogP) is 3.14. The van der Waals surface area contributed by atoms with Gasteiger partial charge in [0.05, 0.1) is 24.1 Å². The number of guanidine groups is 1. The Kier molecular flexibility index (Phi) is 5.33. The lowest BCUT2D eigenvalue weighted by Crippen LogP contribution is -2.37. The maximum atomic E-state index is 4.69. The first-order chi connectivity index (χ1) is 12.2. The zero-order valence-electron chi connectivity index (χ0n) is 15.1. The second-order valence-electron chi connectivity index (χ2n) is 6.11. The fourth-order valence-corrected chi connectivity index (χ4v) is 2.72. The topological polar surface area (TPSA) is 54.2 Å². The average molecular weight is 335 g/mol.